The summed E-state index contributed by atoms with van der Waals surface area (Å²) in [7, 11) is 0. The molecular formula is C16H12ClF2NO3. The Morgan fingerprint density at radius 1 is 1.09 bits per heavy atom. The lowest BCUT2D eigenvalue weighted by atomic mass is 10.1. The van der Waals surface area contributed by atoms with Gasteiger partial charge in [0.15, 0.2) is 11.5 Å². The Kier molecular flexibility index (Phi) is 4.34. The lowest BCUT2D eigenvalue weighted by Gasteiger charge is -2.20. The number of carbonyl (C=O) groups excluding carboxylic acids is 1. The topological polar surface area (TPSA) is 47.6 Å². The fourth-order valence-corrected chi connectivity index (χ4v) is 2.52. The fraction of sp³-hybridized carbons (Fsp3) is 0.188. The molecule has 1 aliphatic heterocycles. The Hall–Kier alpha value is -2.34. The smallest absolute Gasteiger partial charge is 0.251 e. The number of benzene rings is 2. The molecule has 1 aliphatic rings. The van der Waals surface area contributed by atoms with Gasteiger partial charge < -0.3 is 14.8 Å². The van der Waals surface area contributed by atoms with Crippen molar-refractivity contribution < 1.29 is 23.0 Å². The van der Waals surface area contributed by atoms with Crippen molar-refractivity contribution in [3.8, 4) is 11.5 Å². The predicted molar refractivity (Wildman–Crippen MR) is 80.0 cm³/mol. The first kappa shape index (κ1) is 15.6. The second kappa shape index (κ2) is 6.42. The zero-order valence-corrected chi connectivity index (χ0v) is 12.6. The molecule has 3 rings (SSSR count). The third-order valence-electron chi connectivity index (χ3n) is 3.23. The second-order valence-corrected chi connectivity index (χ2v) is 5.35. The molecule has 0 unspecified atom stereocenters. The number of ether oxygens (including phenoxy) is 2. The van der Waals surface area contributed by atoms with E-state index in [2.05, 4.69) is 5.32 Å². The van der Waals surface area contributed by atoms with Gasteiger partial charge in [-0.2, -0.15) is 0 Å². The van der Waals surface area contributed by atoms with E-state index in [0.717, 1.165) is 12.1 Å². The highest BCUT2D eigenvalue weighted by Crippen LogP contribution is 2.38. The van der Waals surface area contributed by atoms with Crippen LogP contribution in [0.4, 0.5) is 8.78 Å². The molecule has 0 saturated carbocycles. The first-order valence-corrected chi connectivity index (χ1v) is 7.23. The minimum atomic E-state index is -0.808. The van der Waals surface area contributed by atoms with Crippen LogP contribution in [-0.2, 0) is 6.54 Å². The van der Waals surface area contributed by atoms with Gasteiger partial charge in [-0.1, -0.05) is 11.6 Å². The molecule has 0 bridgehead atoms. The summed E-state index contributed by atoms with van der Waals surface area (Å²) < 4.78 is 37.1. The Bertz CT molecular complexity index is 747. The van der Waals surface area contributed by atoms with Gasteiger partial charge in [0.05, 0.1) is 5.02 Å². The average molecular weight is 340 g/mol. The highest BCUT2D eigenvalue weighted by molar-refractivity contribution is 6.32. The molecule has 1 heterocycles. The monoisotopic (exact) mass is 339 g/mol. The minimum Gasteiger partial charge on any atom is -0.486 e. The van der Waals surface area contributed by atoms with Crippen LogP contribution in [0.1, 0.15) is 15.9 Å². The summed E-state index contributed by atoms with van der Waals surface area (Å²) >= 11 is 6.10. The zero-order valence-electron chi connectivity index (χ0n) is 11.9. The molecule has 2 aromatic carbocycles. The molecule has 7 heteroatoms. The van der Waals surface area contributed by atoms with E-state index in [1.165, 1.54) is 0 Å². The molecule has 4 nitrogen and oxygen atoms in total. The zero-order chi connectivity index (χ0) is 16.4. The molecule has 0 aliphatic carbocycles. The molecule has 0 atom stereocenters. The van der Waals surface area contributed by atoms with Gasteiger partial charge in [-0.3, -0.25) is 4.79 Å². The van der Waals surface area contributed by atoms with E-state index in [-0.39, 0.29) is 12.1 Å². The van der Waals surface area contributed by atoms with E-state index in [9.17, 15) is 13.6 Å². The molecule has 23 heavy (non-hydrogen) atoms. The van der Waals surface area contributed by atoms with Crippen molar-refractivity contribution in [2.24, 2.45) is 0 Å². The van der Waals surface area contributed by atoms with Gasteiger partial charge in [0.25, 0.3) is 5.91 Å². The standard InChI is InChI=1S/C16H12ClF2NO3/c17-13-3-9(4-14-15(13)23-2-1-22-14)8-20-16(21)10-5-11(18)7-12(19)6-10/h3-7H,1-2,8H2,(H,20,21). The number of amides is 1. The van der Waals surface area contributed by atoms with Crippen molar-refractivity contribution in [1.82, 2.24) is 5.32 Å². The van der Waals surface area contributed by atoms with E-state index in [0.29, 0.717) is 41.4 Å². The van der Waals surface area contributed by atoms with Crippen LogP contribution in [-0.4, -0.2) is 19.1 Å². The Labute approximate surface area is 136 Å². The van der Waals surface area contributed by atoms with Crippen molar-refractivity contribution in [1.29, 1.82) is 0 Å². The second-order valence-electron chi connectivity index (χ2n) is 4.94. The van der Waals surface area contributed by atoms with Crippen LogP contribution in [0.2, 0.25) is 5.02 Å². The summed E-state index contributed by atoms with van der Waals surface area (Å²) in [5.74, 6) is -1.23. The number of hydrogen-bond donors (Lipinski definition) is 1. The van der Waals surface area contributed by atoms with Gasteiger partial charge in [0, 0.05) is 18.2 Å². The number of halogens is 3. The number of carbonyl (C=O) groups is 1. The number of hydrogen-bond acceptors (Lipinski definition) is 3. The van der Waals surface area contributed by atoms with E-state index in [4.69, 9.17) is 21.1 Å². The highest BCUT2D eigenvalue weighted by Gasteiger charge is 2.17. The van der Waals surface area contributed by atoms with Crippen molar-refractivity contribution in [2.75, 3.05) is 13.2 Å². The minimum absolute atomic E-state index is 0.0915. The molecule has 0 radical (unpaired) electrons. The lowest BCUT2D eigenvalue weighted by Crippen LogP contribution is -2.23. The first-order valence-electron chi connectivity index (χ1n) is 6.85. The molecule has 120 valence electrons. The van der Waals surface area contributed by atoms with Crippen molar-refractivity contribution in [3.05, 3.63) is 58.1 Å². The lowest BCUT2D eigenvalue weighted by molar-refractivity contribution is 0.0950. The van der Waals surface area contributed by atoms with Gasteiger partial charge in [-0.05, 0) is 29.8 Å². The maximum absolute atomic E-state index is 13.1. The van der Waals surface area contributed by atoms with Crippen molar-refractivity contribution in [3.63, 3.8) is 0 Å². The summed E-state index contributed by atoms with van der Waals surface area (Å²) in [6.45, 7) is 0.975. The Morgan fingerprint density at radius 2 is 1.78 bits per heavy atom. The van der Waals surface area contributed by atoms with Crippen LogP contribution in [0.3, 0.4) is 0 Å². The molecule has 2 aromatic rings. The molecular weight excluding hydrogens is 328 g/mol. The van der Waals surface area contributed by atoms with Gasteiger partial charge in [-0.25, -0.2) is 8.78 Å². The molecule has 0 aromatic heterocycles. The summed E-state index contributed by atoms with van der Waals surface area (Å²) in [6.07, 6.45) is 0. The molecule has 0 spiro atoms. The normalized spacial score (nSPS) is 12.8. The largest absolute Gasteiger partial charge is 0.486 e. The quantitative estimate of drug-likeness (QED) is 0.933. The van der Waals surface area contributed by atoms with Gasteiger partial charge in [-0.15, -0.1) is 0 Å². The fourth-order valence-electron chi connectivity index (χ4n) is 2.24. The molecule has 1 amide bonds. The maximum Gasteiger partial charge on any atom is 0.251 e. The average Bonchev–Trinajstić information content (AvgIpc) is 2.52. The van der Waals surface area contributed by atoms with Crippen molar-refractivity contribution >= 4 is 17.5 Å². The van der Waals surface area contributed by atoms with Gasteiger partial charge >= 0.3 is 0 Å². The van der Waals surface area contributed by atoms with E-state index < -0.39 is 17.5 Å². The van der Waals surface area contributed by atoms with Crippen LogP contribution in [0.25, 0.3) is 0 Å². The highest BCUT2D eigenvalue weighted by atomic mass is 35.5. The Balaban J connectivity index is 1.73. The molecule has 1 N–H and O–H groups in total. The summed E-state index contributed by atoms with van der Waals surface area (Å²) in [5.41, 5.74) is 0.593. The Morgan fingerprint density at radius 3 is 2.52 bits per heavy atom. The van der Waals surface area contributed by atoms with Gasteiger partial charge in [0.1, 0.15) is 24.8 Å². The van der Waals surface area contributed by atoms with E-state index >= 15 is 0 Å². The van der Waals surface area contributed by atoms with E-state index in [1.54, 1.807) is 12.1 Å². The maximum atomic E-state index is 13.1. The van der Waals surface area contributed by atoms with Crippen LogP contribution in [0.5, 0.6) is 11.5 Å². The van der Waals surface area contributed by atoms with Crippen LogP contribution < -0.4 is 14.8 Å². The third-order valence-corrected chi connectivity index (χ3v) is 3.52. The SMILES string of the molecule is O=C(NCc1cc(Cl)c2c(c1)OCCO2)c1cc(F)cc(F)c1. The summed E-state index contributed by atoms with van der Waals surface area (Å²) in [6, 6.07) is 5.98. The predicted octanol–water partition coefficient (Wildman–Crippen LogP) is 3.32. The van der Waals surface area contributed by atoms with Crippen LogP contribution in [0.15, 0.2) is 30.3 Å². The first-order chi connectivity index (χ1) is 11.0. The number of fused-ring (bicyclic) bond motifs is 1. The number of nitrogens with one attached hydrogen (secondary N) is 1. The van der Waals surface area contributed by atoms with Gasteiger partial charge in [0.2, 0.25) is 0 Å². The van der Waals surface area contributed by atoms with Crippen LogP contribution in [0, 0.1) is 11.6 Å². The van der Waals surface area contributed by atoms with Crippen LogP contribution >= 0.6 is 11.6 Å². The third kappa shape index (κ3) is 3.53. The summed E-state index contributed by atoms with van der Waals surface area (Å²) in [5, 5.41) is 2.95. The van der Waals surface area contributed by atoms with Crippen molar-refractivity contribution in [2.45, 2.75) is 6.54 Å². The summed E-state index contributed by atoms with van der Waals surface area (Å²) in [4.78, 5) is 12.0. The molecule has 0 saturated heterocycles. The number of rotatable bonds is 3. The van der Waals surface area contributed by atoms with E-state index in [1.807, 2.05) is 0 Å². The molecule has 0 fully saturated rings.